The lowest BCUT2D eigenvalue weighted by molar-refractivity contribution is -0.137. The van der Waals surface area contributed by atoms with Crippen LogP contribution in [0.2, 0.25) is 0 Å². The first kappa shape index (κ1) is 15.1. The number of alkyl halides is 3. The molecular formula is C15H20F3NO. The van der Waals surface area contributed by atoms with Gasteiger partial charge in [0, 0.05) is 12.3 Å². The second-order valence-corrected chi connectivity index (χ2v) is 5.98. The molecule has 1 aromatic rings. The zero-order valence-corrected chi connectivity index (χ0v) is 11.8. The van der Waals surface area contributed by atoms with Gasteiger partial charge in [0.1, 0.15) is 0 Å². The SMILES string of the molecule is CC(COc1ccc(C(F)(F)F)cn1)CC1CC(C)C1. The van der Waals surface area contributed by atoms with Gasteiger partial charge in [0.05, 0.1) is 12.2 Å². The molecule has 2 rings (SSSR count). The topological polar surface area (TPSA) is 22.1 Å². The van der Waals surface area contributed by atoms with Crippen LogP contribution in [-0.4, -0.2) is 11.6 Å². The number of rotatable bonds is 5. The van der Waals surface area contributed by atoms with Crippen molar-refractivity contribution in [1.29, 1.82) is 0 Å². The normalized spacial score (nSPS) is 24.1. The fourth-order valence-corrected chi connectivity index (χ4v) is 2.76. The lowest BCUT2D eigenvalue weighted by Crippen LogP contribution is -2.24. The lowest BCUT2D eigenvalue weighted by atomic mass is 9.72. The van der Waals surface area contributed by atoms with Crippen LogP contribution in [0.3, 0.4) is 0 Å². The van der Waals surface area contributed by atoms with E-state index >= 15 is 0 Å². The van der Waals surface area contributed by atoms with E-state index in [1.54, 1.807) is 0 Å². The van der Waals surface area contributed by atoms with Crippen LogP contribution in [0.4, 0.5) is 13.2 Å². The number of hydrogen-bond donors (Lipinski definition) is 0. The second kappa shape index (κ2) is 6.02. The number of halogens is 3. The van der Waals surface area contributed by atoms with Gasteiger partial charge in [-0.15, -0.1) is 0 Å². The molecule has 0 aromatic carbocycles. The van der Waals surface area contributed by atoms with Crippen molar-refractivity contribution in [1.82, 2.24) is 4.98 Å². The Hall–Kier alpha value is -1.26. The first-order chi connectivity index (χ1) is 9.34. The molecule has 1 aliphatic carbocycles. The van der Waals surface area contributed by atoms with Crippen molar-refractivity contribution < 1.29 is 17.9 Å². The third-order valence-electron chi connectivity index (χ3n) is 3.79. The Morgan fingerprint density at radius 3 is 2.55 bits per heavy atom. The van der Waals surface area contributed by atoms with Gasteiger partial charge < -0.3 is 4.74 Å². The van der Waals surface area contributed by atoms with Gasteiger partial charge in [0.25, 0.3) is 0 Å². The summed E-state index contributed by atoms with van der Waals surface area (Å²) in [6, 6.07) is 2.28. The molecule has 5 heteroatoms. The summed E-state index contributed by atoms with van der Waals surface area (Å²) in [4.78, 5) is 3.70. The smallest absolute Gasteiger partial charge is 0.417 e. The Morgan fingerprint density at radius 2 is 2.05 bits per heavy atom. The van der Waals surface area contributed by atoms with Crippen LogP contribution < -0.4 is 4.74 Å². The average molecular weight is 287 g/mol. The molecule has 1 atom stereocenters. The van der Waals surface area contributed by atoms with E-state index in [2.05, 4.69) is 18.8 Å². The van der Waals surface area contributed by atoms with E-state index in [9.17, 15) is 13.2 Å². The van der Waals surface area contributed by atoms with Crippen molar-refractivity contribution in [2.45, 2.75) is 39.3 Å². The third-order valence-corrected chi connectivity index (χ3v) is 3.79. The maximum absolute atomic E-state index is 12.4. The average Bonchev–Trinajstić information content (AvgIpc) is 2.34. The summed E-state index contributed by atoms with van der Waals surface area (Å²) in [6.07, 6.45) is 0.143. The van der Waals surface area contributed by atoms with Crippen LogP contribution in [0, 0.1) is 17.8 Å². The predicted octanol–water partition coefficient (Wildman–Crippen LogP) is 4.55. The molecule has 0 amide bonds. The molecule has 0 spiro atoms. The van der Waals surface area contributed by atoms with Gasteiger partial charge in [-0.25, -0.2) is 4.98 Å². The number of nitrogens with zero attached hydrogens (tertiary/aromatic N) is 1. The van der Waals surface area contributed by atoms with Gasteiger partial charge in [0.2, 0.25) is 5.88 Å². The van der Waals surface area contributed by atoms with E-state index in [0.717, 1.165) is 30.5 Å². The molecule has 1 fully saturated rings. The Balaban J connectivity index is 1.76. The summed E-state index contributed by atoms with van der Waals surface area (Å²) >= 11 is 0. The monoisotopic (exact) mass is 287 g/mol. The van der Waals surface area contributed by atoms with Crippen LogP contribution in [0.5, 0.6) is 5.88 Å². The molecule has 1 heterocycles. The fourth-order valence-electron chi connectivity index (χ4n) is 2.76. The molecule has 0 aliphatic heterocycles. The van der Waals surface area contributed by atoms with E-state index in [1.807, 2.05) is 0 Å². The van der Waals surface area contributed by atoms with Crippen molar-refractivity contribution in [2.75, 3.05) is 6.61 Å². The van der Waals surface area contributed by atoms with Crippen molar-refractivity contribution in [3.63, 3.8) is 0 Å². The summed E-state index contributed by atoms with van der Waals surface area (Å²) < 4.78 is 42.6. The van der Waals surface area contributed by atoms with Crippen LogP contribution >= 0.6 is 0 Å². The Labute approximate surface area is 117 Å². The number of ether oxygens (including phenoxy) is 1. The predicted molar refractivity (Wildman–Crippen MR) is 70.4 cm³/mol. The first-order valence-electron chi connectivity index (χ1n) is 7.00. The highest BCUT2D eigenvalue weighted by molar-refractivity contribution is 5.20. The van der Waals surface area contributed by atoms with Crippen LogP contribution in [0.25, 0.3) is 0 Å². The van der Waals surface area contributed by atoms with E-state index in [-0.39, 0.29) is 5.88 Å². The lowest BCUT2D eigenvalue weighted by Gasteiger charge is -2.34. The number of pyridine rings is 1. The summed E-state index contributed by atoms with van der Waals surface area (Å²) in [7, 11) is 0. The van der Waals surface area contributed by atoms with Gasteiger partial charge in [-0.05, 0) is 43.1 Å². The maximum atomic E-state index is 12.4. The van der Waals surface area contributed by atoms with E-state index in [1.165, 1.54) is 18.9 Å². The van der Waals surface area contributed by atoms with Crippen LogP contribution in [0.15, 0.2) is 18.3 Å². The first-order valence-corrected chi connectivity index (χ1v) is 7.00. The van der Waals surface area contributed by atoms with E-state index in [0.29, 0.717) is 12.5 Å². The molecule has 1 aromatic heterocycles. The van der Waals surface area contributed by atoms with Crippen molar-refractivity contribution in [2.24, 2.45) is 17.8 Å². The fraction of sp³-hybridized carbons (Fsp3) is 0.667. The molecule has 0 bridgehead atoms. The minimum atomic E-state index is -4.35. The highest BCUT2D eigenvalue weighted by Gasteiger charge is 2.31. The van der Waals surface area contributed by atoms with Gasteiger partial charge in [-0.2, -0.15) is 13.2 Å². The van der Waals surface area contributed by atoms with E-state index in [4.69, 9.17) is 4.74 Å². The van der Waals surface area contributed by atoms with Crippen LogP contribution in [-0.2, 0) is 6.18 Å². The number of hydrogen-bond acceptors (Lipinski definition) is 2. The maximum Gasteiger partial charge on any atom is 0.417 e. The summed E-state index contributed by atoms with van der Waals surface area (Å²) in [5.74, 6) is 2.28. The van der Waals surface area contributed by atoms with Gasteiger partial charge in [0.15, 0.2) is 0 Å². The molecule has 1 saturated carbocycles. The Kier molecular flexibility index (Phi) is 4.55. The minimum absolute atomic E-state index is 0.256. The zero-order chi connectivity index (χ0) is 14.8. The third kappa shape index (κ3) is 4.12. The molecule has 0 N–H and O–H groups in total. The highest BCUT2D eigenvalue weighted by Crippen LogP contribution is 2.37. The van der Waals surface area contributed by atoms with Gasteiger partial charge in [-0.1, -0.05) is 13.8 Å². The number of aromatic nitrogens is 1. The van der Waals surface area contributed by atoms with E-state index < -0.39 is 11.7 Å². The van der Waals surface area contributed by atoms with Gasteiger partial charge >= 0.3 is 6.18 Å². The second-order valence-electron chi connectivity index (χ2n) is 5.98. The van der Waals surface area contributed by atoms with Crippen LogP contribution in [0.1, 0.15) is 38.7 Å². The Morgan fingerprint density at radius 1 is 1.35 bits per heavy atom. The largest absolute Gasteiger partial charge is 0.477 e. The molecule has 1 aliphatic rings. The minimum Gasteiger partial charge on any atom is -0.477 e. The summed E-state index contributed by atoms with van der Waals surface area (Å²) in [5.41, 5.74) is -0.749. The summed E-state index contributed by atoms with van der Waals surface area (Å²) in [6.45, 7) is 4.86. The standard InChI is InChI=1S/C15H20F3NO/c1-10-5-12(6-10)7-11(2)9-20-14-4-3-13(8-19-14)15(16,17)18/h3-4,8,10-12H,5-7,9H2,1-2H3. The highest BCUT2D eigenvalue weighted by atomic mass is 19.4. The molecule has 112 valence electrons. The molecule has 0 saturated heterocycles. The van der Waals surface area contributed by atoms with Crippen molar-refractivity contribution in [3.8, 4) is 5.88 Å². The summed E-state index contributed by atoms with van der Waals surface area (Å²) in [5, 5.41) is 0. The molecule has 0 radical (unpaired) electrons. The quantitative estimate of drug-likeness (QED) is 0.792. The molecule has 1 unspecified atom stereocenters. The molecule has 2 nitrogen and oxygen atoms in total. The molecule has 20 heavy (non-hydrogen) atoms. The Bertz CT molecular complexity index is 424. The zero-order valence-electron chi connectivity index (χ0n) is 11.8. The van der Waals surface area contributed by atoms with Crippen molar-refractivity contribution in [3.05, 3.63) is 23.9 Å². The molecular weight excluding hydrogens is 267 g/mol. The van der Waals surface area contributed by atoms with Gasteiger partial charge in [-0.3, -0.25) is 0 Å². The van der Waals surface area contributed by atoms with Crippen molar-refractivity contribution >= 4 is 0 Å².